The topological polar surface area (TPSA) is 115 Å². The Hall–Kier alpha value is -1.09. The Morgan fingerprint density at radius 2 is 1.00 bits per heavy atom. The van der Waals surface area contributed by atoms with E-state index >= 15 is 0 Å². The molecule has 12 nitrogen and oxygen atoms in total. The summed E-state index contributed by atoms with van der Waals surface area (Å²) in [6.07, 6.45) is 2.17. The lowest BCUT2D eigenvalue weighted by atomic mass is 10.1. The minimum atomic E-state index is -0.502. The van der Waals surface area contributed by atoms with Crippen LogP contribution in [0, 0.1) is 0 Å². The Labute approximate surface area is 235 Å². The van der Waals surface area contributed by atoms with E-state index in [4.69, 9.17) is 42.6 Å². The van der Waals surface area contributed by atoms with Gasteiger partial charge in [-0.1, -0.05) is 0 Å². The van der Waals surface area contributed by atoms with Crippen LogP contribution < -0.4 is 5.32 Å². The summed E-state index contributed by atoms with van der Waals surface area (Å²) in [6.45, 7) is 15.8. The normalized spacial score (nSPS) is 14.6. The molecule has 39 heavy (non-hydrogen) atoms. The summed E-state index contributed by atoms with van der Waals surface area (Å²) in [5.41, 5.74) is -0.502. The molecule has 0 aromatic rings. The summed E-state index contributed by atoms with van der Waals surface area (Å²) in [5.74, 6) is 0. The number of rotatable bonds is 25. The quantitative estimate of drug-likeness (QED) is 0.163. The van der Waals surface area contributed by atoms with E-state index in [-0.39, 0.29) is 6.09 Å². The molecule has 12 heteroatoms. The van der Waals surface area contributed by atoms with Crippen molar-refractivity contribution in [3.05, 3.63) is 0 Å². The van der Waals surface area contributed by atoms with Gasteiger partial charge in [-0.25, -0.2) is 4.79 Å². The second-order valence-electron chi connectivity index (χ2n) is 10.0. The Morgan fingerprint density at radius 3 is 1.38 bits per heavy atom. The molecule has 0 atom stereocenters. The van der Waals surface area contributed by atoms with Crippen molar-refractivity contribution >= 4 is 6.09 Å². The summed E-state index contributed by atoms with van der Waals surface area (Å²) in [4.78, 5) is 13.3. The molecular formula is C27H54N2O10. The Morgan fingerprint density at radius 1 is 0.641 bits per heavy atom. The smallest absolute Gasteiger partial charge is 0.410 e. The second kappa shape index (κ2) is 24.7. The third-order valence-corrected chi connectivity index (χ3v) is 5.38. The minimum absolute atomic E-state index is 0.358. The number of carbonyl (C=O) groups excluding carboxylic acids is 1. The molecule has 1 aliphatic rings. The second-order valence-corrected chi connectivity index (χ2v) is 10.0. The zero-order chi connectivity index (χ0) is 28.4. The fraction of sp³-hybridized carbons (Fsp3) is 0.963. The van der Waals surface area contributed by atoms with E-state index in [1.54, 1.807) is 7.05 Å². The number of nitrogens with zero attached hydrogens (tertiary/aromatic N) is 1. The molecular weight excluding hydrogens is 512 g/mol. The summed E-state index contributed by atoms with van der Waals surface area (Å²) in [5, 5.41) is 3.32. The van der Waals surface area contributed by atoms with Crippen LogP contribution in [-0.2, 0) is 42.6 Å². The average Bonchev–Trinajstić information content (AvgIpc) is 2.90. The summed E-state index contributed by atoms with van der Waals surface area (Å²) >= 11 is 0. The van der Waals surface area contributed by atoms with Gasteiger partial charge >= 0.3 is 6.09 Å². The standard InChI is InChI=1S/C27H54N2O10/c1-27(2,3)39-26(30)29(4)9-10-31-11-12-32-13-14-33-15-16-34-17-18-35-19-20-36-21-22-37-23-24-38-25-5-7-28-8-6-25/h25,28H,5-24H2,1-4H3. The lowest BCUT2D eigenvalue weighted by Gasteiger charge is -2.24. The van der Waals surface area contributed by atoms with Crippen molar-refractivity contribution in [1.29, 1.82) is 0 Å². The first-order valence-electron chi connectivity index (χ1n) is 14.2. The van der Waals surface area contributed by atoms with E-state index in [1.807, 2.05) is 20.8 Å². The number of amides is 1. The number of hydrogen-bond donors (Lipinski definition) is 1. The van der Waals surface area contributed by atoms with Crippen molar-refractivity contribution < 1.29 is 47.4 Å². The SMILES string of the molecule is CN(CCOCCOCCOCCOCCOCCOCCOCCOC1CCNCC1)C(=O)OC(C)(C)C. The molecule has 1 aliphatic heterocycles. The molecule has 0 unspecified atom stereocenters. The molecule has 1 rings (SSSR count). The zero-order valence-electron chi connectivity index (χ0n) is 24.7. The highest BCUT2D eigenvalue weighted by atomic mass is 16.6. The number of carbonyl (C=O) groups is 1. The van der Waals surface area contributed by atoms with Crippen molar-refractivity contribution in [2.24, 2.45) is 0 Å². The Kier molecular flexibility index (Phi) is 22.7. The van der Waals surface area contributed by atoms with Crippen LogP contribution in [-0.4, -0.2) is 148 Å². The molecule has 0 radical (unpaired) electrons. The molecule has 0 aliphatic carbocycles. The number of likely N-dealkylation sites (N-methyl/N-ethyl adjacent to an activating group) is 1. The Bertz CT molecular complexity index is 559. The van der Waals surface area contributed by atoms with Gasteiger partial charge in [0.2, 0.25) is 0 Å². The van der Waals surface area contributed by atoms with E-state index < -0.39 is 5.60 Å². The highest BCUT2D eigenvalue weighted by Gasteiger charge is 2.19. The lowest BCUT2D eigenvalue weighted by molar-refractivity contribution is -0.0314. The lowest BCUT2D eigenvalue weighted by Crippen LogP contribution is -2.36. The molecule has 1 amide bonds. The zero-order valence-corrected chi connectivity index (χ0v) is 24.7. The molecule has 1 saturated heterocycles. The molecule has 1 N–H and O–H groups in total. The summed E-state index contributed by atoms with van der Waals surface area (Å²) < 4.78 is 49.4. The molecule has 0 aromatic heterocycles. The molecule has 0 spiro atoms. The van der Waals surface area contributed by atoms with Gasteiger partial charge < -0.3 is 52.8 Å². The van der Waals surface area contributed by atoms with E-state index in [2.05, 4.69) is 5.32 Å². The van der Waals surface area contributed by atoms with Crippen molar-refractivity contribution in [3.63, 3.8) is 0 Å². The molecule has 0 aromatic carbocycles. The van der Waals surface area contributed by atoms with E-state index in [0.717, 1.165) is 25.9 Å². The molecule has 232 valence electrons. The van der Waals surface area contributed by atoms with Crippen LogP contribution in [0.1, 0.15) is 33.6 Å². The van der Waals surface area contributed by atoms with Gasteiger partial charge in [0.1, 0.15) is 5.60 Å². The largest absolute Gasteiger partial charge is 0.444 e. The number of hydrogen-bond acceptors (Lipinski definition) is 11. The predicted octanol–water partition coefficient (Wildman–Crippen LogP) is 1.74. The van der Waals surface area contributed by atoms with Crippen LogP contribution in [0.2, 0.25) is 0 Å². The molecule has 0 bridgehead atoms. The van der Waals surface area contributed by atoms with Gasteiger partial charge in [0.25, 0.3) is 0 Å². The van der Waals surface area contributed by atoms with Gasteiger partial charge in [-0.05, 0) is 46.7 Å². The number of piperidine rings is 1. The van der Waals surface area contributed by atoms with Crippen molar-refractivity contribution in [3.8, 4) is 0 Å². The monoisotopic (exact) mass is 566 g/mol. The van der Waals surface area contributed by atoms with Gasteiger partial charge in [0.05, 0.1) is 105 Å². The first-order valence-corrected chi connectivity index (χ1v) is 14.2. The van der Waals surface area contributed by atoms with E-state index in [9.17, 15) is 4.79 Å². The van der Waals surface area contributed by atoms with Gasteiger partial charge in [-0.3, -0.25) is 0 Å². The van der Waals surface area contributed by atoms with Crippen LogP contribution in [0.5, 0.6) is 0 Å². The summed E-state index contributed by atoms with van der Waals surface area (Å²) in [7, 11) is 1.69. The minimum Gasteiger partial charge on any atom is -0.444 e. The van der Waals surface area contributed by atoms with Gasteiger partial charge in [0, 0.05) is 13.6 Å². The fourth-order valence-electron chi connectivity index (χ4n) is 3.29. The first-order chi connectivity index (χ1) is 18.9. The van der Waals surface area contributed by atoms with Crippen LogP contribution in [0.3, 0.4) is 0 Å². The first kappa shape index (κ1) is 35.9. The van der Waals surface area contributed by atoms with Crippen molar-refractivity contribution in [1.82, 2.24) is 10.2 Å². The molecule has 0 saturated carbocycles. The van der Waals surface area contributed by atoms with Gasteiger partial charge in [-0.2, -0.15) is 0 Å². The van der Waals surface area contributed by atoms with E-state index in [0.29, 0.717) is 112 Å². The molecule has 1 fully saturated rings. The molecule has 1 heterocycles. The fourth-order valence-corrected chi connectivity index (χ4v) is 3.29. The van der Waals surface area contributed by atoms with Crippen LogP contribution in [0.15, 0.2) is 0 Å². The number of ether oxygens (including phenoxy) is 9. The highest BCUT2D eigenvalue weighted by molar-refractivity contribution is 5.67. The third-order valence-electron chi connectivity index (χ3n) is 5.38. The van der Waals surface area contributed by atoms with Gasteiger partial charge in [-0.15, -0.1) is 0 Å². The Balaban J connectivity index is 1.68. The van der Waals surface area contributed by atoms with Crippen molar-refractivity contribution in [2.75, 3.05) is 126 Å². The summed E-state index contributed by atoms with van der Waals surface area (Å²) in [6, 6.07) is 0. The van der Waals surface area contributed by atoms with Crippen LogP contribution in [0.25, 0.3) is 0 Å². The van der Waals surface area contributed by atoms with Crippen molar-refractivity contribution in [2.45, 2.75) is 45.3 Å². The van der Waals surface area contributed by atoms with Crippen LogP contribution in [0.4, 0.5) is 4.79 Å². The van der Waals surface area contributed by atoms with Crippen LogP contribution >= 0.6 is 0 Å². The predicted molar refractivity (Wildman–Crippen MR) is 146 cm³/mol. The number of nitrogens with one attached hydrogen (secondary N) is 1. The highest BCUT2D eigenvalue weighted by Crippen LogP contribution is 2.09. The van der Waals surface area contributed by atoms with Gasteiger partial charge in [0.15, 0.2) is 0 Å². The third kappa shape index (κ3) is 24.4. The maximum Gasteiger partial charge on any atom is 0.410 e. The maximum absolute atomic E-state index is 11.8. The maximum atomic E-state index is 11.8. The average molecular weight is 567 g/mol. The van der Waals surface area contributed by atoms with E-state index in [1.165, 1.54) is 4.90 Å².